The average molecular weight is 445 g/mol. The Labute approximate surface area is 197 Å². The standard InChI is InChI=1S/C28H33N3O2/c1-4-11-22(2)18-23(3)19-31(17-16-29)20-26(31)27(33-21-24-12-7-5-8-13-24)28(32)30-25-14-9-6-10-15-25/h4-15,18H,3,16-17,19-21,29H2,1-2H3/p+1/b11-4-,22-18-,27-26-. The molecule has 1 fully saturated rings. The summed E-state index contributed by atoms with van der Waals surface area (Å²) in [6.07, 6.45) is 6.15. The lowest BCUT2D eigenvalue weighted by molar-refractivity contribution is -0.773. The van der Waals surface area contributed by atoms with Gasteiger partial charge < -0.3 is 15.8 Å². The van der Waals surface area contributed by atoms with Gasteiger partial charge in [-0.25, -0.2) is 0 Å². The van der Waals surface area contributed by atoms with Crippen LogP contribution in [0.5, 0.6) is 0 Å². The molecule has 0 aliphatic carbocycles. The summed E-state index contributed by atoms with van der Waals surface area (Å²) in [6.45, 7) is 11.3. The molecule has 0 saturated carbocycles. The number of rotatable bonds is 11. The van der Waals surface area contributed by atoms with Crippen molar-refractivity contribution in [3.8, 4) is 0 Å². The largest absolute Gasteiger partial charge is 0.479 e. The molecule has 3 N–H and O–H groups in total. The number of anilines is 1. The Balaban J connectivity index is 1.87. The van der Waals surface area contributed by atoms with Gasteiger partial charge in [-0.3, -0.25) is 9.28 Å². The molecule has 0 aromatic heterocycles. The molecule has 1 atom stereocenters. The summed E-state index contributed by atoms with van der Waals surface area (Å²) in [5, 5.41) is 2.98. The van der Waals surface area contributed by atoms with E-state index in [0.29, 0.717) is 29.9 Å². The van der Waals surface area contributed by atoms with Gasteiger partial charge >= 0.3 is 0 Å². The molecule has 0 radical (unpaired) electrons. The van der Waals surface area contributed by atoms with Gasteiger partial charge in [-0.05, 0) is 37.1 Å². The second kappa shape index (κ2) is 11.5. The van der Waals surface area contributed by atoms with Crippen molar-refractivity contribution in [2.75, 3.05) is 31.5 Å². The number of carbonyl (C=O) groups excluding carboxylic acids is 1. The molecule has 2 aromatic carbocycles. The Morgan fingerprint density at radius 1 is 1.15 bits per heavy atom. The van der Waals surface area contributed by atoms with Gasteiger partial charge in [0.1, 0.15) is 13.2 Å². The van der Waals surface area contributed by atoms with E-state index in [4.69, 9.17) is 10.5 Å². The predicted octanol–water partition coefficient (Wildman–Crippen LogP) is 4.92. The maximum absolute atomic E-state index is 13.3. The van der Waals surface area contributed by atoms with Gasteiger partial charge in [0.05, 0.1) is 6.54 Å². The van der Waals surface area contributed by atoms with E-state index in [0.717, 1.165) is 41.2 Å². The van der Waals surface area contributed by atoms with Gasteiger partial charge in [-0.2, -0.15) is 0 Å². The third-order valence-corrected chi connectivity index (χ3v) is 5.57. The number of carbonyl (C=O) groups is 1. The van der Waals surface area contributed by atoms with Crippen molar-refractivity contribution in [3.63, 3.8) is 0 Å². The summed E-state index contributed by atoms with van der Waals surface area (Å²) < 4.78 is 6.74. The average Bonchev–Trinajstić information content (AvgIpc) is 3.47. The Hall–Kier alpha value is -3.41. The molecule has 2 aromatic rings. The zero-order valence-electron chi connectivity index (χ0n) is 19.6. The molecule has 172 valence electrons. The Morgan fingerprint density at radius 3 is 2.45 bits per heavy atom. The number of hydrogen-bond acceptors (Lipinski definition) is 3. The van der Waals surface area contributed by atoms with E-state index >= 15 is 0 Å². The Bertz CT molecular complexity index is 1060. The lowest BCUT2D eigenvalue weighted by Gasteiger charge is -2.18. The monoisotopic (exact) mass is 444 g/mol. The number of para-hydroxylation sites is 1. The van der Waals surface area contributed by atoms with Gasteiger partial charge in [0.15, 0.2) is 6.54 Å². The molecule has 1 unspecified atom stereocenters. The fourth-order valence-electron chi connectivity index (χ4n) is 4.02. The van der Waals surface area contributed by atoms with E-state index < -0.39 is 0 Å². The molecule has 5 heteroatoms. The third-order valence-electron chi connectivity index (χ3n) is 5.57. The summed E-state index contributed by atoms with van der Waals surface area (Å²) in [5.41, 5.74) is 10.8. The number of quaternary nitrogens is 1. The quantitative estimate of drug-likeness (QED) is 0.170. The topological polar surface area (TPSA) is 64.3 Å². The minimum atomic E-state index is -0.240. The van der Waals surface area contributed by atoms with Gasteiger partial charge in [0, 0.05) is 12.2 Å². The van der Waals surface area contributed by atoms with Crippen molar-refractivity contribution < 1.29 is 14.0 Å². The molecule has 1 amide bonds. The predicted molar refractivity (Wildman–Crippen MR) is 135 cm³/mol. The number of hydrogen-bond donors (Lipinski definition) is 2. The molecule has 3 rings (SSSR count). The van der Waals surface area contributed by atoms with Crippen LogP contribution in [0, 0.1) is 0 Å². The lowest BCUT2D eigenvalue weighted by Crippen LogP contribution is -2.34. The smallest absolute Gasteiger partial charge is 0.297 e. The van der Waals surface area contributed by atoms with Crippen LogP contribution in [0.4, 0.5) is 5.69 Å². The van der Waals surface area contributed by atoms with E-state index in [2.05, 4.69) is 31.0 Å². The van der Waals surface area contributed by atoms with E-state index in [1.807, 2.05) is 73.7 Å². The Morgan fingerprint density at radius 2 is 1.82 bits per heavy atom. The molecule has 1 heterocycles. The molecule has 1 saturated heterocycles. The molecule has 1 aliphatic rings. The number of nitrogens with zero attached hydrogens (tertiary/aromatic N) is 1. The number of allylic oxidation sites excluding steroid dienone is 3. The highest BCUT2D eigenvalue weighted by Crippen LogP contribution is 2.39. The van der Waals surface area contributed by atoms with Crippen molar-refractivity contribution in [1.82, 2.24) is 0 Å². The number of amides is 1. The number of nitrogens with one attached hydrogen (secondary N) is 1. The van der Waals surface area contributed by atoms with Gasteiger partial charge in [0.2, 0.25) is 11.5 Å². The van der Waals surface area contributed by atoms with Crippen molar-refractivity contribution in [2.24, 2.45) is 5.73 Å². The van der Waals surface area contributed by atoms with Crippen molar-refractivity contribution in [1.29, 1.82) is 0 Å². The second-order valence-corrected chi connectivity index (χ2v) is 8.39. The lowest BCUT2D eigenvalue weighted by atomic mass is 10.1. The van der Waals surface area contributed by atoms with Crippen LogP contribution in [0.3, 0.4) is 0 Å². The summed E-state index contributed by atoms with van der Waals surface area (Å²) in [5.74, 6) is 0.133. The number of benzene rings is 2. The van der Waals surface area contributed by atoms with Crippen LogP contribution < -0.4 is 11.1 Å². The fourth-order valence-corrected chi connectivity index (χ4v) is 4.02. The first-order valence-electron chi connectivity index (χ1n) is 11.3. The fraction of sp³-hybridized carbons (Fsp3) is 0.250. The van der Waals surface area contributed by atoms with Crippen LogP contribution in [0.15, 0.2) is 108 Å². The maximum atomic E-state index is 13.3. The van der Waals surface area contributed by atoms with E-state index in [1.54, 1.807) is 0 Å². The minimum absolute atomic E-state index is 0.240. The van der Waals surface area contributed by atoms with Gasteiger partial charge in [-0.15, -0.1) is 0 Å². The SMILES string of the molecule is C=C(/C=C(C)\C=C/C)C[N+]1(CCN)C/C1=C(/OCc1ccccc1)C(=O)Nc1ccccc1. The number of nitrogens with two attached hydrogens (primary N) is 1. The zero-order chi connectivity index (χ0) is 23.7. The van der Waals surface area contributed by atoms with Gasteiger partial charge in [0.25, 0.3) is 5.91 Å². The normalized spacial score (nSPS) is 19.3. The van der Waals surface area contributed by atoms with Crippen LogP contribution >= 0.6 is 0 Å². The van der Waals surface area contributed by atoms with Crippen molar-refractivity contribution in [2.45, 2.75) is 20.5 Å². The maximum Gasteiger partial charge on any atom is 0.297 e. The van der Waals surface area contributed by atoms with Crippen LogP contribution in [0.1, 0.15) is 19.4 Å². The summed E-state index contributed by atoms with van der Waals surface area (Å²) in [7, 11) is 0. The molecule has 5 nitrogen and oxygen atoms in total. The van der Waals surface area contributed by atoms with Crippen molar-refractivity contribution >= 4 is 11.6 Å². The van der Waals surface area contributed by atoms with Crippen LogP contribution in [-0.4, -0.2) is 36.6 Å². The minimum Gasteiger partial charge on any atom is -0.479 e. The molecular weight excluding hydrogens is 410 g/mol. The third kappa shape index (κ3) is 6.78. The van der Waals surface area contributed by atoms with Crippen LogP contribution in [0.25, 0.3) is 0 Å². The first kappa shape index (κ1) is 24.2. The molecule has 0 spiro atoms. The summed E-state index contributed by atoms with van der Waals surface area (Å²) in [4.78, 5) is 13.3. The van der Waals surface area contributed by atoms with Crippen LogP contribution in [0.2, 0.25) is 0 Å². The van der Waals surface area contributed by atoms with Crippen LogP contribution in [-0.2, 0) is 16.1 Å². The molecule has 0 bridgehead atoms. The highest BCUT2D eigenvalue weighted by molar-refractivity contribution is 6.02. The first-order valence-corrected chi connectivity index (χ1v) is 11.3. The Kier molecular flexibility index (Phi) is 8.41. The molecule has 33 heavy (non-hydrogen) atoms. The summed E-state index contributed by atoms with van der Waals surface area (Å²) in [6, 6.07) is 19.3. The molecule has 1 aliphatic heterocycles. The highest BCUT2D eigenvalue weighted by atomic mass is 16.5. The molecular formula is C28H34N3O2+. The second-order valence-electron chi connectivity index (χ2n) is 8.39. The number of ether oxygens (including phenoxy) is 1. The van der Waals surface area contributed by atoms with Crippen molar-refractivity contribution in [3.05, 3.63) is 114 Å². The van der Waals surface area contributed by atoms with Gasteiger partial charge in [-0.1, -0.05) is 78.9 Å². The van der Waals surface area contributed by atoms with E-state index in [-0.39, 0.29) is 5.91 Å². The summed E-state index contributed by atoms with van der Waals surface area (Å²) >= 11 is 0. The first-order chi connectivity index (χ1) is 16.0. The van der Waals surface area contributed by atoms with E-state index in [9.17, 15) is 4.79 Å². The van der Waals surface area contributed by atoms with E-state index in [1.165, 1.54) is 0 Å². The highest BCUT2D eigenvalue weighted by Gasteiger charge is 2.54. The zero-order valence-corrected chi connectivity index (χ0v) is 19.6.